The van der Waals surface area contributed by atoms with Crippen LogP contribution in [0.3, 0.4) is 0 Å². The standard InChI is InChI=1S/C20H24FN7O/c1-12-9-23-18-17(12)19(25-11-24-18)27-6-7-28(13(2)10-27)20(22)26-14-4-5-15(21)16(8-14)29-3/h4-5,8-9,11,13H,6-7,10H2,1-3H3,(H2,22,26)(H,23,24,25)/t13-/m0/s1. The number of aromatic amines is 1. The highest BCUT2D eigenvalue weighted by Crippen LogP contribution is 2.28. The van der Waals surface area contributed by atoms with Crippen LogP contribution < -0.4 is 15.4 Å². The topological polar surface area (TPSA) is 95.7 Å². The average molecular weight is 397 g/mol. The average Bonchev–Trinajstić information content (AvgIpc) is 3.10. The molecule has 9 heteroatoms. The third-order valence-electron chi connectivity index (χ3n) is 5.25. The minimum Gasteiger partial charge on any atom is -0.494 e. The SMILES string of the molecule is COc1cc(N=C(N)N2CCN(c3ncnc4[nH]cc(C)c34)C[C@@H]2C)ccc1F. The van der Waals surface area contributed by atoms with E-state index in [2.05, 4.69) is 36.7 Å². The Morgan fingerprint density at radius 1 is 1.34 bits per heavy atom. The number of aliphatic imine (C=N–C) groups is 1. The highest BCUT2D eigenvalue weighted by molar-refractivity contribution is 5.90. The lowest BCUT2D eigenvalue weighted by atomic mass is 10.1. The fourth-order valence-electron chi connectivity index (χ4n) is 3.74. The van der Waals surface area contributed by atoms with Crippen molar-refractivity contribution in [1.29, 1.82) is 0 Å². The number of anilines is 1. The summed E-state index contributed by atoms with van der Waals surface area (Å²) in [7, 11) is 1.42. The van der Waals surface area contributed by atoms with Crippen LogP contribution in [0.15, 0.2) is 35.7 Å². The summed E-state index contributed by atoms with van der Waals surface area (Å²) < 4.78 is 18.6. The number of halogens is 1. The molecular formula is C20H24FN7O. The number of guanidine groups is 1. The Kier molecular flexibility index (Phi) is 4.96. The number of H-pyrrole nitrogens is 1. The molecule has 3 heterocycles. The Hall–Kier alpha value is -3.36. The largest absolute Gasteiger partial charge is 0.494 e. The lowest BCUT2D eigenvalue weighted by Gasteiger charge is -2.41. The van der Waals surface area contributed by atoms with Gasteiger partial charge in [-0.1, -0.05) is 0 Å². The number of nitrogens with two attached hydrogens (primary N) is 1. The molecule has 3 N–H and O–H groups in total. The number of ether oxygens (including phenoxy) is 1. The Morgan fingerprint density at radius 2 is 2.17 bits per heavy atom. The number of nitrogens with zero attached hydrogens (tertiary/aromatic N) is 5. The number of piperazine rings is 1. The van der Waals surface area contributed by atoms with Crippen LogP contribution in [0, 0.1) is 12.7 Å². The van der Waals surface area contributed by atoms with Crippen molar-refractivity contribution in [3.05, 3.63) is 42.1 Å². The van der Waals surface area contributed by atoms with E-state index in [9.17, 15) is 4.39 Å². The van der Waals surface area contributed by atoms with E-state index in [0.717, 1.165) is 35.5 Å². The third kappa shape index (κ3) is 3.55. The van der Waals surface area contributed by atoms with Crippen molar-refractivity contribution < 1.29 is 9.13 Å². The number of aryl methyl sites for hydroxylation is 1. The summed E-state index contributed by atoms with van der Waals surface area (Å²) in [5.41, 5.74) is 8.79. The van der Waals surface area contributed by atoms with Gasteiger partial charge in [-0.15, -0.1) is 0 Å². The van der Waals surface area contributed by atoms with Gasteiger partial charge in [0.2, 0.25) is 0 Å². The van der Waals surface area contributed by atoms with E-state index in [0.29, 0.717) is 18.2 Å². The van der Waals surface area contributed by atoms with Gasteiger partial charge in [0.25, 0.3) is 0 Å². The van der Waals surface area contributed by atoms with Crippen molar-refractivity contribution in [2.75, 3.05) is 31.6 Å². The summed E-state index contributed by atoms with van der Waals surface area (Å²) in [6.45, 7) is 6.35. The van der Waals surface area contributed by atoms with E-state index in [1.807, 2.05) is 13.1 Å². The van der Waals surface area contributed by atoms with Crippen LogP contribution in [0.4, 0.5) is 15.9 Å². The van der Waals surface area contributed by atoms with E-state index >= 15 is 0 Å². The summed E-state index contributed by atoms with van der Waals surface area (Å²) in [5, 5.41) is 1.05. The second-order valence-corrected chi connectivity index (χ2v) is 7.17. The van der Waals surface area contributed by atoms with E-state index < -0.39 is 5.82 Å². The first-order valence-electron chi connectivity index (χ1n) is 9.46. The van der Waals surface area contributed by atoms with Crippen molar-refractivity contribution in [3.8, 4) is 5.75 Å². The van der Waals surface area contributed by atoms with E-state index in [1.165, 1.54) is 19.2 Å². The predicted molar refractivity (Wildman–Crippen MR) is 111 cm³/mol. The Bertz CT molecular complexity index is 1060. The Balaban J connectivity index is 1.53. The van der Waals surface area contributed by atoms with Crippen LogP contribution in [0.25, 0.3) is 11.0 Å². The first-order valence-corrected chi connectivity index (χ1v) is 9.46. The zero-order valence-electron chi connectivity index (χ0n) is 16.7. The molecule has 0 bridgehead atoms. The summed E-state index contributed by atoms with van der Waals surface area (Å²) in [6.07, 6.45) is 3.53. The quantitative estimate of drug-likeness (QED) is 0.521. The van der Waals surface area contributed by atoms with E-state index in [-0.39, 0.29) is 11.8 Å². The molecular weight excluding hydrogens is 373 g/mol. The van der Waals surface area contributed by atoms with Crippen LogP contribution in [0.2, 0.25) is 0 Å². The molecule has 1 aliphatic rings. The van der Waals surface area contributed by atoms with Gasteiger partial charge < -0.3 is 25.3 Å². The molecule has 2 aromatic heterocycles. The highest BCUT2D eigenvalue weighted by atomic mass is 19.1. The second kappa shape index (κ2) is 7.57. The molecule has 3 aromatic rings. The molecule has 0 spiro atoms. The summed E-state index contributed by atoms with van der Waals surface area (Å²) in [6, 6.07) is 4.57. The molecule has 29 heavy (non-hydrogen) atoms. The normalized spacial score (nSPS) is 17.8. The lowest BCUT2D eigenvalue weighted by molar-refractivity contribution is 0.294. The van der Waals surface area contributed by atoms with Gasteiger partial charge in [0.1, 0.15) is 17.8 Å². The maximum atomic E-state index is 13.6. The molecule has 1 saturated heterocycles. The van der Waals surface area contributed by atoms with Crippen LogP contribution >= 0.6 is 0 Å². The van der Waals surface area contributed by atoms with Crippen LogP contribution in [-0.4, -0.2) is 58.6 Å². The van der Waals surface area contributed by atoms with Crippen LogP contribution in [0.1, 0.15) is 12.5 Å². The van der Waals surface area contributed by atoms with Crippen molar-refractivity contribution in [1.82, 2.24) is 19.9 Å². The molecule has 4 rings (SSSR count). The molecule has 1 fully saturated rings. The summed E-state index contributed by atoms with van der Waals surface area (Å²) in [5.74, 6) is 1.05. The van der Waals surface area contributed by atoms with Gasteiger partial charge in [-0.3, -0.25) is 0 Å². The number of hydrogen-bond donors (Lipinski definition) is 2. The Morgan fingerprint density at radius 3 is 2.93 bits per heavy atom. The van der Waals surface area contributed by atoms with Gasteiger partial charge in [0, 0.05) is 37.9 Å². The number of rotatable bonds is 3. The molecule has 8 nitrogen and oxygen atoms in total. The highest BCUT2D eigenvalue weighted by Gasteiger charge is 2.27. The smallest absolute Gasteiger partial charge is 0.196 e. The molecule has 1 aromatic carbocycles. The minimum atomic E-state index is -0.428. The lowest BCUT2D eigenvalue weighted by Crippen LogP contribution is -2.56. The maximum Gasteiger partial charge on any atom is 0.196 e. The molecule has 1 aliphatic heterocycles. The molecule has 0 radical (unpaired) electrons. The number of hydrogen-bond acceptors (Lipinski definition) is 5. The molecule has 1 atom stereocenters. The van der Waals surface area contributed by atoms with Crippen molar-refractivity contribution in [2.45, 2.75) is 19.9 Å². The summed E-state index contributed by atoms with van der Waals surface area (Å²) >= 11 is 0. The van der Waals surface area contributed by atoms with E-state index in [1.54, 1.807) is 12.4 Å². The third-order valence-corrected chi connectivity index (χ3v) is 5.25. The molecule has 0 amide bonds. The van der Waals surface area contributed by atoms with Gasteiger partial charge >= 0.3 is 0 Å². The number of aromatic nitrogens is 3. The molecule has 152 valence electrons. The molecule has 0 unspecified atom stereocenters. The van der Waals surface area contributed by atoms with Gasteiger partial charge in [-0.25, -0.2) is 19.4 Å². The van der Waals surface area contributed by atoms with Crippen molar-refractivity contribution in [2.24, 2.45) is 10.7 Å². The zero-order chi connectivity index (χ0) is 20.5. The second-order valence-electron chi connectivity index (χ2n) is 7.17. The van der Waals surface area contributed by atoms with Crippen LogP contribution in [-0.2, 0) is 0 Å². The van der Waals surface area contributed by atoms with Crippen molar-refractivity contribution in [3.63, 3.8) is 0 Å². The first-order chi connectivity index (χ1) is 14.0. The first kappa shape index (κ1) is 19.0. The summed E-state index contributed by atoms with van der Waals surface area (Å²) in [4.78, 5) is 20.8. The number of nitrogens with one attached hydrogen (secondary N) is 1. The van der Waals surface area contributed by atoms with Gasteiger partial charge in [0.15, 0.2) is 17.5 Å². The fraction of sp³-hybridized carbons (Fsp3) is 0.350. The fourth-order valence-corrected chi connectivity index (χ4v) is 3.74. The van der Waals surface area contributed by atoms with Gasteiger partial charge in [-0.2, -0.15) is 0 Å². The number of benzene rings is 1. The monoisotopic (exact) mass is 397 g/mol. The van der Waals surface area contributed by atoms with Crippen LogP contribution in [0.5, 0.6) is 5.75 Å². The molecule has 0 aliphatic carbocycles. The Labute approximate surface area is 168 Å². The zero-order valence-corrected chi connectivity index (χ0v) is 16.7. The molecule has 0 saturated carbocycles. The van der Waals surface area contributed by atoms with Gasteiger partial charge in [-0.05, 0) is 31.5 Å². The van der Waals surface area contributed by atoms with Gasteiger partial charge in [0.05, 0.1) is 18.2 Å². The maximum absolute atomic E-state index is 13.6. The van der Waals surface area contributed by atoms with Crippen molar-refractivity contribution >= 4 is 28.5 Å². The predicted octanol–water partition coefficient (Wildman–Crippen LogP) is 2.57. The minimum absolute atomic E-state index is 0.124. The number of fused-ring (bicyclic) bond motifs is 1. The van der Waals surface area contributed by atoms with E-state index in [4.69, 9.17) is 10.5 Å². The number of methoxy groups -OCH3 is 1.